The van der Waals surface area contributed by atoms with Gasteiger partial charge in [0.05, 0.1) is 13.0 Å². The van der Waals surface area contributed by atoms with Gasteiger partial charge in [-0.25, -0.2) is 4.39 Å². The van der Waals surface area contributed by atoms with Gasteiger partial charge in [0.15, 0.2) is 0 Å². The first-order chi connectivity index (χ1) is 7.10. The zero-order valence-corrected chi connectivity index (χ0v) is 8.79. The largest absolute Gasteiger partial charge is 0.469 e. The molecular formula is C11H14FNO2. The minimum absolute atomic E-state index is 0.0344. The van der Waals surface area contributed by atoms with Crippen LogP contribution < -0.4 is 5.73 Å². The molecule has 0 radical (unpaired) electrons. The zero-order valence-electron chi connectivity index (χ0n) is 8.79. The predicted octanol–water partition coefficient (Wildman–Crippen LogP) is 1.35. The summed E-state index contributed by atoms with van der Waals surface area (Å²) in [5.41, 5.74) is 6.51. The first-order valence-corrected chi connectivity index (χ1v) is 4.64. The number of aryl methyl sites for hydroxylation is 1. The van der Waals surface area contributed by atoms with E-state index in [4.69, 9.17) is 5.73 Å². The van der Waals surface area contributed by atoms with Crippen LogP contribution in [0.5, 0.6) is 0 Å². The molecule has 0 spiro atoms. The van der Waals surface area contributed by atoms with Crippen LogP contribution in [-0.4, -0.2) is 19.6 Å². The van der Waals surface area contributed by atoms with Crippen molar-refractivity contribution in [3.63, 3.8) is 0 Å². The fraction of sp³-hybridized carbons (Fsp3) is 0.364. The average Bonchev–Trinajstić information content (AvgIpc) is 2.21. The third-order valence-electron chi connectivity index (χ3n) is 2.25. The van der Waals surface area contributed by atoms with Crippen molar-refractivity contribution >= 4 is 5.97 Å². The van der Waals surface area contributed by atoms with Gasteiger partial charge >= 0.3 is 5.97 Å². The lowest BCUT2D eigenvalue weighted by atomic mass is 9.98. The lowest BCUT2D eigenvalue weighted by molar-refractivity contribution is -0.142. The van der Waals surface area contributed by atoms with Crippen molar-refractivity contribution < 1.29 is 13.9 Å². The van der Waals surface area contributed by atoms with E-state index >= 15 is 0 Å². The highest BCUT2D eigenvalue weighted by atomic mass is 19.1. The number of esters is 1. The van der Waals surface area contributed by atoms with Gasteiger partial charge in [0, 0.05) is 12.1 Å². The number of carbonyl (C=O) groups is 1. The van der Waals surface area contributed by atoms with Gasteiger partial charge in [-0.2, -0.15) is 0 Å². The van der Waals surface area contributed by atoms with Crippen LogP contribution in [0.3, 0.4) is 0 Å². The van der Waals surface area contributed by atoms with Crippen LogP contribution in [0.15, 0.2) is 18.2 Å². The van der Waals surface area contributed by atoms with Crippen LogP contribution in [0.4, 0.5) is 4.39 Å². The Morgan fingerprint density at radius 2 is 2.27 bits per heavy atom. The van der Waals surface area contributed by atoms with Crippen molar-refractivity contribution in [2.24, 2.45) is 5.73 Å². The van der Waals surface area contributed by atoms with E-state index in [1.54, 1.807) is 19.1 Å². The summed E-state index contributed by atoms with van der Waals surface area (Å²) in [7, 11) is 1.26. The highest BCUT2D eigenvalue weighted by Gasteiger charge is 2.22. The molecule has 0 aliphatic heterocycles. The summed E-state index contributed by atoms with van der Waals surface area (Å²) in [6.07, 6.45) is 0. The third kappa shape index (κ3) is 2.53. The minimum atomic E-state index is -0.726. The number of ether oxygens (including phenoxy) is 1. The number of hydrogen-bond acceptors (Lipinski definition) is 3. The van der Waals surface area contributed by atoms with Crippen LogP contribution in [0.1, 0.15) is 17.0 Å². The molecule has 1 aromatic rings. The normalized spacial score (nSPS) is 12.3. The molecular weight excluding hydrogens is 197 g/mol. The molecule has 15 heavy (non-hydrogen) atoms. The Labute approximate surface area is 88.0 Å². The molecule has 0 aliphatic rings. The molecule has 1 atom stereocenters. The smallest absolute Gasteiger partial charge is 0.314 e. The van der Waals surface area contributed by atoms with Crippen LogP contribution >= 0.6 is 0 Å². The second kappa shape index (κ2) is 4.89. The second-order valence-corrected chi connectivity index (χ2v) is 3.34. The predicted molar refractivity (Wildman–Crippen MR) is 54.9 cm³/mol. The Hall–Kier alpha value is -1.42. The van der Waals surface area contributed by atoms with E-state index in [1.165, 1.54) is 13.2 Å². The number of hydrogen-bond donors (Lipinski definition) is 1. The van der Waals surface area contributed by atoms with Gasteiger partial charge in [0.2, 0.25) is 0 Å². The molecule has 1 rings (SSSR count). The number of carbonyl (C=O) groups excluding carboxylic acids is 1. The van der Waals surface area contributed by atoms with Crippen molar-refractivity contribution in [2.45, 2.75) is 12.8 Å². The van der Waals surface area contributed by atoms with E-state index in [0.29, 0.717) is 0 Å². The first-order valence-electron chi connectivity index (χ1n) is 4.64. The van der Waals surface area contributed by atoms with Crippen molar-refractivity contribution in [3.05, 3.63) is 35.1 Å². The number of methoxy groups -OCH3 is 1. The number of nitrogens with two attached hydrogens (primary N) is 1. The molecule has 4 heteroatoms. The summed E-state index contributed by atoms with van der Waals surface area (Å²) in [6, 6.07) is 4.68. The molecule has 2 N–H and O–H groups in total. The van der Waals surface area contributed by atoms with Crippen molar-refractivity contribution in [1.82, 2.24) is 0 Å². The maximum atomic E-state index is 13.5. The second-order valence-electron chi connectivity index (χ2n) is 3.34. The van der Waals surface area contributed by atoms with E-state index in [9.17, 15) is 9.18 Å². The molecule has 0 saturated heterocycles. The summed E-state index contributed by atoms with van der Waals surface area (Å²) in [5, 5.41) is 0. The zero-order chi connectivity index (χ0) is 11.4. The molecule has 0 amide bonds. The minimum Gasteiger partial charge on any atom is -0.469 e. The topological polar surface area (TPSA) is 52.3 Å². The van der Waals surface area contributed by atoms with E-state index in [1.807, 2.05) is 0 Å². The fourth-order valence-corrected chi connectivity index (χ4v) is 1.41. The lowest BCUT2D eigenvalue weighted by Crippen LogP contribution is -2.23. The molecule has 1 aromatic carbocycles. The van der Waals surface area contributed by atoms with Crippen molar-refractivity contribution in [2.75, 3.05) is 13.7 Å². The Kier molecular flexibility index (Phi) is 3.80. The summed E-state index contributed by atoms with van der Waals surface area (Å²) in [6.45, 7) is 1.81. The van der Waals surface area contributed by atoms with E-state index in [0.717, 1.165) is 5.56 Å². The quantitative estimate of drug-likeness (QED) is 0.768. The molecule has 0 aromatic heterocycles. The van der Waals surface area contributed by atoms with Gasteiger partial charge in [0.1, 0.15) is 5.82 Å². The standard InChI is InChI=1S/C11H14FNO2/c1-7-3-4-8(10(12)5-7)9(6-13)11(14)15-2/h3-5,9H,6,13H2,1-2H3. The van der Waals surface area contributed by atoms with Gasteiger partial charge in [-0.3, -0.25) is 4.79 Å². The monoisotopic (exact) mass is 211 g/mol. The Morgan fingerprint density at radius 1 is 1.60 bits per heavy atom. The van der Waals surface area contributed by atoms with E-state index < -0.39 is 17.7 Å². The Balaban J connectivity index is 3.07. The lowest BCUT2D eigenvalue weighted by Gasteiger charge is -2.13. The Morgan fingerprint density at radius 3 is 2.73 bits per heavy atom. The summed E-state index contributed by atoms with van der Waals surface area (Å²) in [4.78, 5) is 11.3. The van der Waals surface area contributed by atoms with Crippen LogP contribution in [0.25, 0.3) is 0 Å². The maximum Gasteiger partial charge on any atom is 0.314 e. The van der Waals surface area contributed by atoms with E-state index in [-0.39, 0.29) is 12.1 Å². The summed E-state index contributed by atoms with van der Waals surface area (Å²) in [5.74, 6) is -1.66. The summed E-state index contributed by atoms with van der Waals surface area (Å²) < 4.78 is 18.1. The van der Waals surface area contributed by atoms with Crippen molar-refractivity contribution in [3.8, 4) is 0 Å². The molecule has 82 valence electrons. The average molecular weight is 211 g/mol. The molecule has 3 nitrogen and oxygen atoms in total. The molecule has 0 saturated carbocycles. The summed E-state index contributed by atoms with van der Waals surface area (Å²) >= 11 is 0. The highest BCUT2D eigenvalue weighted by Crippen LogP contribution is 2.20. The highest BCUT2D eigenvalue weighted by molar-refractivity contribution is 5.78. The molecule has 0 aliphatic carbocycles. The van der Waals surface area contributed by atoms with Crippen LogP contribution in [0, 0.1) is 12.7 Å². The molecule has 0 fully saturated rings. The SMILES string of the molecule is COC(=O)C(CN)c1ccc(C)cc1F. The molecule has 0 heterocycles. The van der Waals surface area contributed by atoms with Crippen molar-refractivity contribution in [1.29, 1.82) is 0 Å². The first kappa shape index (κ1) is 11.7. The van der Waals surface area contributed by atoms with Gasteiger partial charge in [-0.1, -0.05) is 12.1 Å². The molecule has 0 bridgehead atoms. The van der Waals surface area contributed by atoms with Gasteiger partial charge in [-0.15, -0.1) is 0 Å². The van der Waals surface area contributed by atoms with Crippen LogP contribution in [0.2, 0.25) is 0 Å². The van der Waals surface area contributed by atoms with Gasteiger partial charge < -0.3 is 10.5 Å². The van der Waals surface area contributed by atoms with Gasteiger partial charge in [0.25, 0.3) is 0 Å². The number of rotatable bonds is 3. The molecule has 1 unspecified atom stereocenters. The third-order valence-corrected chi connectivity index (χ3v) is 2.25. The fourth-order valence-electron chi connectivity index (χ4n) is 1.41. The number of halogens is 1. The van der Waals surface area contributed by atoms with Gasteiger partial charge in [-0.05, 0) is 18.6 Å². The van der Waals surface area contributed by atoms with E-state index in [2.05, 4.69) is 4.74 Å². The Bertz CT molecular complexity index is 366. The van der Waals surface area contributed by atoms with Crippen LogP contribution in [-0.2, 0) is 9.53 Å². The number of benzene rings is 1. The maximum absolute atomic E-state index is 13.5.